The van der Waals surface area contributed by atoms with Gasteiger partial charge in [-0.3, -0.25) is 5.10 Å². The second kappa shape index (κ2) is 4.26. The van der Waals surface area contributed by atoms with E-state index < -0.39 is 0 Å². The molecule has 0 saturated heterocycles. The fraction of sp³-hybridized carbons (Fsp3) is 0.800. The van der Waals surface area contributed by atoms with Crippen molar-refractivity contribution in [3.63, 3.8) is 0 Å². The molecule has 1 atom stereocenters. The quantitative estimate of drug-likeness (QED) is 0.782. The van der Waals surface area contributed by atoms with Gasteiger partial charge >= 0.3 is 0 Å². The average Bonchev–Trinajstić information content (AvgIpc) is 2.45. The van der Waals surface area contributed by atoms with E-state index in [0.29, 0.717) is 17.9 Å². The Morgan fingerprint density at radius 3 is 2.21 bits per heavy atom. The third-order valence-electron chi connectivity index (χ3n) is 2.66. The molecule has 0 bridgehead atoms. The van der Waals surface area contributed by atoms with Gasteiger partial charge in [-0.05, 0) is 32.0 Å². The van der Waals surface area contributed by atoms with Gasteiger partial charge in [0.25, 0.3) is 0 Å². The third-order valence-corrected chi connectivity index (χ3v) is 2.94. The molecule has 0 radical (unpaired) electrons. The molecule has 3 nitrogen and oxygen atoms in total. The largest absolute Gasteiger partial charge is 0.301 e. The molecule has 80 valence electrons. The number of hydrogen-bond donors (Lipinski definition) is 1. The average molecular weight is 213 g/mol. The molecule has 1 aromatic heterocycles. The number of hydrogen-bond acceptors (Lipinski definition) is 2. The Morgan fingerprint density at radius 2 is 1.79 bits per heavy atom. The summed E-state index contributed by atoms with van der Waals surface area (Å²) in [6.07, 6.45) is 0. The molecule has 0 aliphatic rings. The minimum absolute atomic E-state index is 0.373. The predicted octanol–water partition coefficient (Wildman–Crippen LogP) is 3.28. The highest BCUT2D eigenvalue weighted by Gasteiger charge is 2.18. The van der Waals surface area contributed by atoms with E-state index in [1.807, 2.05) is 0 Å². The molecule has 1 unspecified atom stereocenters. The minimum Gasteiger partial charge on any atom is -0.301 e. The summed E-state index contributed by atoms with van der Waals surface area (Å²) in [6.45, 7) is 10.8. The van der Waals surface area contributed by atoms with Crippen LogP contribution < -0.4 is 0 Å². The fourth-order valence-electron chi connectivity index (χ4n) is 1.44. The molecule has 0 aliphatic heterocycles. The smallest absolute Gasteiger partial charge is 0.195 e. The maximum atomic E-state index is 5.20. The zero-order chi connectivity index (χ0) is 10.9. The van der Waals surface area contributed by atoms with Gasteiger partial charge in [-0.1, -0.05) is 20.8 Å². The Hall–Kier alpha value is -0.640. The van der Waals surface area contributed by atoms with Gasteiger partial charge in [0.05, 0.1) is 0 Å². The molecule has 0 amide bonds. The van der Waals surface area contributed by atoms with Crippen LogP contribution in [0.4, 0.5) is 0 Å². The Balaban J connectivity index is 3.15. The molecular formula is C10H19N3S. The molecule has 4 heteroatoms. The van der Waals surface area contributed by atoms with Gasteiger partial charge in [0, 0.05) is 12.0 Å². The fourth-order valence-corrected chi connectivity index (χ4v) is 1.79. The highest BCUT2D eigenvalue weighted by Crippen LogP contribution is 2.23. The first-order valence-electron chi connectivity index (χ1n) is 5.12. The van der Waals surface area contributed by atoms with Gasteiger partial charge in [0.1, 0.15) is 5.82 Å². The lowest BCUT2D eigenvalue weighted by atomic mass is 9.97. The zero-order valence-corrected chi connectivity index (χ0v) is 10.4. The highest BCUT2D eigenvalue weighted by atomic mass is 32.1. The number of nitrogens with zero attached hydrogens (tertiary/aromatic N) is 2. The Labute approximate surface area is 90.5 Å². The lowest BCUT2D eigenvalue weighted by Gasteiger charge is -2.18. The Bertz CT molecular complexity index is 348. The van der Waals surface area contributed by atoms with Crippen LogP contribution in [0, 0.1) is 10.7 Å². The van der Waals surface area contributed by atoms with Crippen LogP contribution in [0.25, 0.3) is 0 Å². The number of aromatic nitrogens is 3. The lowest BCUT2D eigenvalue weighted by Crippen LogP contribution is -2.13. The van der Waals surface area contributed by atoms with E-state index in [1.165, 1.54) is 0 Å². The van der Waals surface area contributed by atoms with Crippen LogP contribution in [0.5, 0.6) is 0 Å². The van der Waals surface area contributed by atoms with E-state index in [9.17, 15) is 0 Å². The van der Waals surface area contributed by atoms with Crippen molar-refractivity contribution in [1.29, 1.82) is 0 Å². The molecule has 0 aromatic carbocycles. The zero-order valence-electron chi connectivity index (χ0n) is 9.53. The van der Waals surface area contributed by atoms with Gasteiger partial charge in [0.15, 0.2) is 4.77 Å². The van der Waals surface area contributed by atoms with Crippen molar-refractivity contribution < 1.29 is 0 Å². The van der Waals surface area contributed by atoms with E-state index >= 15 is 0 Å². The first kappa shape index (κ1) is 11.4. The molecule has 0 saturated carbocycles. The van der Waals surface area contributed by atoms with Gasteiger partial charge in [0.2, 0.25) is 0 Å². The maximum absolute atomic E-state index is 5.20. The number of H-pyrrole nitrogens is 1. The first-order valence-corrected chi connectivity index (χ1v) is 5.52. The lowest BCUT2D eigenvalue weighted by molar-refractivity contribution is 0.461. The summed E-state index contributed by atoms with van der Waals surface area (Å²) >= 11 is 5.20. The summed E-state index contributed by atoms with van der Waals surface area (Å²) in [5, 5.41) is 7.17. The second-order valence-electron chi connectivity index (χ2n) is 4.38. The molecule has 1 heterocycles. The Morgan fingerprint density at radius 1 is 1.21 bits per heavy atom. The van der Waals surface area contributed by atoms with Gasteiger partial charge in [-0.25, -0.2) is 0 Å². The van der Waals surface area contributed by atoms with Gasteiger partial charge < -0.3 is 4.57 Å². The summed E-state index contributed by atoms with van der Waals surface area (Å²) in [5.41, 5.74) is 0. The summed E-state index contributed by atoms with van der Waals surface area (Å²) in [4.78, 5) is 0. The van der Waals surface area contributed by atoms with Crippen LogP contribution in [-0.4, -0.2) is 14.8 Å². The number of rotatable bonds is 3. The third kappa shape index (κ3) is 2.05. The summed E-state index contributed by atoms with van der Waals surface area (Å²) in [5.74, 6) is 2.09. The molecule has 0 aliphatic carbocycles. The second-order valence-corrected chi connectivity index (χ2v) is 4.77. The SMILES string of the molecule is CC(C)C(C)c1n[nH]c(=S)n1C(C)C. The normalized spacial score (nSPS) is 13.9. The summed E-state index contributed by atoms with van der Waals surface area (Å²) < 4.78 is 2.82. The van der Waals surface area contributed by atoms with Crippen molar-refractivity contribution in [3.05, 3.63) is 10.6 Å². The number of nitrogens with one attached hydrogen (secondary N) is 1. The van der Waals surface area contributed by atoms with Crippen molar-refractivity contribution in [3.8, 4) is 0 Å². The number of aromatic amines is 1. The van der Waals surface area contributed by atoms with E-state index in [2.05, 4.69) is 49.4 Å². The van der Waals surface area contributed by atoms with E-state index in [-0.39, 0.29) is 0 Å². The van der Waals surface area contributed by atoms with Crippen molar-refractivity contribution >= 4 is 12.2 Å². The molecule has 1 N–H and O–H groups in total. The van der Waals surface area contributed by atoms with E-state index in [0.717, 1.165) is 10.6 Å². The standard InChI is InChI=1S/C10H19N3S/c1-6(2)8(5)9-11-12-10(14)13(9)7(3)4/h6-8H,1-5H3,(H,12,14). The van der Waals surface area contributed by atoms with Crippen LogP contribution in [0.2, 0.25) is 0 Å². The monoisotopic (exact) mass is 213 g/mol. The highest BCUT2D eigenvalue weighted by molar-refractivity contribution is 7.71. The van der Waals surface area contributed by atoms with Crippen molar-refractivity contribution in [2.75, 3.05) is 0 Å². The molecule has 1 aromatic rings. The van der Waals surface area contributed by atoms with Gasteiger partial charge in [-0.2, -0.15) is 5.10 Å². The summed E-state index contributed by atoms with van der Waals surface area (Å²) in [6, 6.07) is 0.373. The van der Waals surface area contributed by atoms with E-state index in [4.69, 9.17) is 12.2 Å². The minimum atomic E-state index is 0.373. The molecule has 0 fully saturated rings. The van der Waals surface area contributed by atoms with Crippen molar-refractivity contribution in [2.45, 2.75) is 46.6 Å². The van der Waals surface area contributed by atoms with Crippen LogP contribution in [0.15, 0.2) is 0 Å². The van der Waals surface area contributed by atoms with Crippen molar-refractivity contribution in [2.24, 2.45) is 5.92 Å². The topological polar surface area (TPSA) is 33.6 Å². The predicted molar refractivity (Wildman–Crippen MR) is 61.0 cm³/mol. The van der Waals surface area contributed by atoms with E-state index in [1.54, 1.807) is 0 Å². The van der Waals surface area contributed by atoms with Crippen LogP contribution in [0.3, 0.4) is 0 Å². The first-order chi connectivity index (χ1) is 6.45. The molecular weight excluding hydrogens is 194 g/mol. The van der Waals surface area contributed by atoms with Crippen LogP contribution in [-0.2, 0) is 0 Å². The molecule has 1 rings (SSSR count). The van der Waals surface area contributed by atoms with Crippen molar-refractivity contribution in [1.82, 2.24) is 14.8 Å². The molecule has 0 spiro atoms. The Kier molecular flexibility index (Phi) is 3.48. The summed E-state index contributed by atoms with van der Waals surface area (Å²) in [7, 11) is 0. The molecule has 14 heavy (non-hydrogen) atoms. The maximum Gasteiger partial charge on any atom is 0.195 e. The van der Waals surface area contributed by atoms with Crippen LogP contribution >= 0.6 is 12.2 Å². The van der Waals surface area contributed by atoms with Gasteiger partial charge in [-0.15, -0.1) is 0 Å². The van der Waals surface area contributed by atoms with Crippen LogP contribution in [0.1, 0.15) is 52.4 Å².